The van der Waals surface area contributed by atoms with Gasteiger partial charge in [0.15, 0.2) is 11.5 Å². The predicted octanol–water partition coefficient (Wildman–Crippen LogP) is 1.81. The van der Waals surface area contributed by atoms with Gasteiger partial charge in [-0.15, -0.1) is 0 Å². The molecule has 0 aliphatic carbocycles. The van der Waals surface area contributed by atoms with Crippen LogP contribution in [0.25, 0.3) is 16.9 Å². The molecule has 0 spiro atoms. The molecule has 10 nitrogen and oxygen atoms in total. The van der Waals surface area contributed by atoms with E-state index in [-0.39, 0.29) is 12.2 Å². The molecule has 4 aromatic rings. The van der Waals surface area contributed by atoms with Crippen molar-refractivity contribution in [3.63, 3.8) is 0 Å². The lowest BCUT2D eigenvalue weighted by atomic mass is 10.0. The summed E-state index contributed by atoms with van der Waals surface area (Å²) >= 11 is 0. The Morgan fingerprint density at radius 2 is 2.09 bits per heavy atom. The van der Waals surface area contributed by atoms with Crippen molar-refractivity contribution in [2.75, 3.05) is 37.0 Å². The zero-order chi connectivity index (χ0) is 23.7. The van der Waals surface area contributed by atoms with E-state index in [0.29, 0.717) is 41.7 Å². The number of rotatable bonds is 7. The smallest absolute Gasteiger partial charge is 0.278 e. The highest BCUT2D eigenvalue weighted by atomic mass is 16.3. The Morgan fingerprint density at radius 3 is 2.91 bits per heavy atom. The van der Waals surface area contributed by atoms with Crippen LogP contribution < -0.4 is 21.1 Å². The molecule has 0 amide bonds. The number of hydrogen-bond donors (Lipinski definition) is 3. The third-order valence-corrected chi connectivity index (χ3v) is 6.09. The highest BCUT2D eigenvalue weighted by Gasteiger charge is 2.18. The third kappa shape index (κ3) is 4.02. The molecule has 0 radical (unpaired) electrons. The van der Waals surface area contributed by atoms with E-state index >= 15 is 0 Å². The molecular weight excluding hydrogens is 432 g/mol. The average Bonchev–Trinajstić information content (AvgIpc) is 3.15. The lowest BCUT2D eigenvalue weighted by Crippen LogP contribution is -2.24. The Hall–Kier alpha value is -3.76. The second-order valence-electron chi connectivity index (χ2n) is 8.30. The van der Waals surface area contributed by atoms with Gasteiger partial charge in [0, 0.05) is 38.6 Å². The van der Waals surface area contributed by atoms with Crippen molar-refractivity contribution in [1.29, 1.82) is 0 Å². The number of hydrogen-bond acceptors (Lipinski definition) is 8. The molecule has 1 aromatic carbocycles. The van der Waals surface area contributed by atoms with Crippen molar-refractivity contribution in [2.45, 2.75) is 26.4 Å². The number of nitrogens with one attached hydrogen (secondary N) is 2. The highest BCUT2D eigenvalue weighted by molar-refractivity contribution is 5.77. The summed E-state index contributed by atoms with van der Waals surface area (Å²) in [7, 11) is 1.86. The van der Waals surface area contributed by atoms with Gasteiger partial charge >= 0.3 is 0 Å². The van der Waals surface area contributed by atoms with Gasteiger partial charge in [0.1, 0.15) is 11.2 Å². The Labute approximate surface area is 196 Å². The van der Waals surface area contributed by atoms with Crippen LogP contribution in [0.4, 0.5) is 17.5 Å². The molecule has 3 N–H and O–H groups in total. The molecule has 1 aliphatic heterocycles. The molecule has 0 atom stereocenters. The Kier molecular flexibility index (Phi) is 5.99. The molecule has 10 heteroatoms. The molecule has 0 saturated carbocycles. The first-order valence-corrected chi connectivity index (χ1v) is 11.5. The second-order valence-corrected chi connectivity index (χ2v) is 8.30. The fourth-order valence-electron chi connectivity index (χ4n) is 4.30. The normalized spacial score (nSPS) is 13.1. The Morgan fingerprint density at radius 1 is 1.21 bits per heavy atom. The SMILES string of the molecule is CCn1c(=O)c2cnc(Nc3ccc4c(c3)CCNC4)nc2n1-c1cccc(N(C)CCO)n1. The number of nitrogens with zero attached hydrogens (tertiary/aromatic N) is 6. The summed E-state index contributed by atoms with van der Waals surface area (Å²) in [5.41, 5.74) is 3.85. The van der Waals surface area contributed by atoms with Crippen LogP contribution in [0.1, 0.15) is 18.1 Å². The largest absolute Gasteiger partial charge is 0.395 e. The fourth-order valence-corrected chi connectivity index (χ4v) is 4.30. The summed E-state index contributed by atoms with van der Waals surface area (Å²) in [4.78, 5) is 28.8. The van der Waals surface area contributed by atoms with Crippen LogP contribution >= 0.6 is 0 Å². The highest BCUT2D eigenvalue weighted by Crippen LogP contribution is 2.23. The van der Waals surface area contributed by atoms with E-state index < -0.39 is 0 Å². The lowest BCUT2D eigenvalue weighted by Gasteiger charge is -2.18. The zero-order valence-corrected chi connectivity index (χ0v) is 19.3. The van der Waals surface area contributed by atoms with Crippen LogP contribution in [0.2, 0.25) is 0 Å². The van der Waals surface area contributed by atoms with Crippen LogP contribution in [0.3, 0.4) is 0 Å². The summed E-state index contributed by atoms with van der Waals surface area (Å²) in [6, 6.07) is 11.9. The van der Waals surface area contributed by atoms with Crippen LogP contribution in [0.5, 0.6) is 0 Å². The van der Waals surface area contributed by atoms with Crippen molar-refractivity contribution in [3.05, 3.63) is 64.1 Å². The van der Waals surface area contributed by atoms with Crippen LogP contribution in [0, 0.1) is 0 Å². The summed E-state index contributed by atoms with van der Waals surface area (Å²) in [5.74, 6) is 1.68. The molecule has 0 bridgehead atoms. The molecular formula is C24H28N8O2. The van der Waals surface area contributed by atoms with E-state index in [9.17, 15) is 9.90 Å². The first-order valence-electron chi connectivity index (χ1n) is 11.5. The number of likely N-dealkylation sites (N-methyl/N-ethyl adjacent to an activating group) is 1. The van der Waals surface area contributed by atoms with Gasteiger partial charge < -0.3 is 20.6 Å². The summed E-state index contributed by atoms with van der Waals surface area (Å²) < 4.78 is 3.34. The van der Waals surface area contributed by atoms with E-state index in [4.69, 9.17) is 9.97 Å². The maximum Gasteiger partial charge on any atom is 0.278 e. The van der Waals surface area contributed by atoms with E-state index in [1.807, 2.05) is 43.1 Å². The maximum absolute atomic E-state index is 13.1. The number of aromatic nitrogens is 5. The van der Waals surface area contributed by atoms with Crippen molar-refractivity contribution < 1.29 is 5.11 Å². The summed E-state index contributed by atoms with van der Waals surface area (Å²) in [6.45, 7) is 4.69. The van der Waals surface area contributed by atoms with Gasteiger partial charge in [-0.2, -0.15) is 4.98 Å². The zero-order valence-electron chi connectivity index (χ0n) is 19.3. The predicted molar refractivity (Wildman–Crippen MR) is 132 cm³/mol. The number of aliphatic hydroxyl groups excluding tert-OH is 1. The average molecular weight is 461 g/mol. The monoisotopic (exact) mass is 460 g/mol. The lowest BCUT2D eigenvalue weighted by molar-refractivity contribution is 0.304. The summed E-state index contributed by atoms with van der Waals surface area (Å²) in [5, 5.41) is 16.4. The van der Waals surface area contributed by atoms with Gasteiger partial charge in [0.05, 0.1) is 6.61 Å². The van der Waals surface area contributed by atoms with E-state index in [1.54, 1.807) is 15.6 Å². The van der Waals surface area contributed by atoms with Gasteiger partial charge in [-0.05, 0) is 55.3 Å². The quantitative estimate of drug-likeness (QED) is 0.383. The minimum atomic E-state index is -0.166. The molecule has 176 valence electrons. The van der Waals surface area contributed by atoms with Gasteiger partial charge in [0.25, 0.3) is 5.56 Å². The van der Waals surface area contributed by atoms with Gasteiger partial charge in [-0.3, -0.25) is 4.79 Å². The molecule has 0 fully saturated rings. The van der Waals surface area contributed by atoms with Gasteiger partial charge in [-0.1, -0.05) is 12.1 Å². The summed E-state index contributed by atoms with van der Waals surface area (Å²) in [6.07, 6.45) is 2.55. The van der Waals surface area contributed by atoms with E-state index in [1.165, 1.54) is 11.1 Å². The van der Waals surface area contributed by atoms with E-state index in [0.717, 1.165) is 25.2 Å². The Balaban J connectivity index is 1.57. The van der Waals surface area contributed by atoms with Crippen molar-refractivity contribution in [2.24, 2.45) is 0 Å². The number of fused-ring (bicyclic) bond motifs is 2. The molecule has 1 aliphatic rings. The van der Waals surface area contributed by atoms with Crippen molar-refractivity contribution in [3.8, 4) is 5.82 Å². The minimum absolute atomic E-state index is 0.0238. The molecule has 5 rings (SSSR count). The minimum Gasteiger partial charge on any atom is -0.395 e. The van der Waals surface area contributed by atoms with E-state index in [2.05, 4.69) is 27.8 Å². The Bertz CT molecular complexity index is 1390. The fraction of sp³-hybridized carbons (Fsp3) is 0.333. The second kappa shape index (κ2) is 9.24. The molecule has 4 heterocycles. The van der Waals surface area contributed by atoms with Crippen molar-refractivity contribution >= 4 is 28.5 Å². The maximum atomic E-state index is 13.1. The number of benzene rings is 1. The molecule has 3 aromatic heterocycles. The van der Waals surface area contributed by atoms with Gasteiger partial charge in [0.2, 0.25) is 5.95 Å². The molecule has 0 saturated heterocycles. The number of pyridine rings is 1. The molecule has 34 heavy (non-hydrogen) atoms. The first-order chi connectivity index (χ1) is 16.6. The number of aliphatic hydroxyl groups is 1. The van der Waals surface area contributed by atoms with Gasteiger partial charge in [-0.25, -0.2) is 19.3 Å². The first kappa shape index (κ1) is 22.1. The van der Waals surface area contributed by atoms with Crippen molar-refractivity contribution in [1.82, 2.24) is 29.6 Å². The van der Waals surface area contributed by atoms with Crippen LogP contribution in [-0.4, -0.2) is 56.2 Å². The topological polar surface area (TPSA) is 113 Å². The number of anilines is 3. The third-order valence-electron chi connectivity index (χ3n) is 6.09. The standard InChI is InChI=1S/C24H28N8O2/c1-3-31-23(34)19-15-26-24(27-18-8-7-17-14-25-10-9-16(17)13-18)29-22(19)32(31)21-6-4-5-20(28-21)30(2)11-12-33/h4-8,13,15,25,33H,3,9-12,14H2,1-2H3,(H,26,27,29). The van der Waals surface area contributed by atoms with Crippen LogP contribution in [-0.2, 0) is 19.5 Å². The molecule has 0 unspecified atom stereocenters. The van der Waals surface area contributed by atoms with Crippen LogP contribution in [0.15, 0.2) is 47.4 Å².